The highest BCUT2D eigenvalue weighted by Crippen LogP contribution is 2.36. The summed E-state index contributed by atoms with van der Waals surface area (Å²) in [5.74, 6) is -1.29. The molecule has 2 rings (SSSR count). The molecular formula is C20H21NO4S. The molecule has 6 heteroatoms. The summed E-state index contributed by atoms with van der Waals surface area (Å²) in [5.41, 5.74) is 3.07. The molecule has 0 fully saturated rings. The second-order valence-electron chi connectivity index (χ2n) is 5.56. The molecule has 2 aromatic rings. The number of esters is 2. The Morgan fingerprint density at radius 3 is 2.38 bits per heavy atom. The SMILES string of the molecule is COC(=O)/C=C(/Nc1ccccc1Sc1ccc(C)cc1C)C(=O)OC. The lowest BCUT2D eigenvalue weighted by molar-refractivity contribution is -0.138. The average molecular weight is 371 g/mol. The fraction of sp³-hybridized carbons (Fsp3) is 0.200. The molecule has 0 spiro atoms. The number of rotatable bonds is 6. The zero-order valence-corrected chi connectivity index (χ0v) is 16.0. The smallest absolute Gasteiger partial charge is 0.354 e. The fourth-order valence-corrected chi connectivity index (χ4v) is 3.24. The molecule has 0 saturated heterocycles. The van der Waals surface area contributed by atoms with Crippen LogP contribution in [0.2, 0.25) is 0 Å². The maximum absolute atomic E-state index is 12.0. The van der Waals surface area contributed by atoms with Crippen LogP contribution in [0.1, 0.15) is 11.1 Å². The Balaban J connectivity index is 2.34. The summed E-state index contributed by atoms with van der Waals surface area (Å²) >= 11 is 1.58. The Hall–Kier alpha value is -2.73. The van der Waals surface area contributed by atoms with E-state index in [1.165, 1.54) is 25.3 Å². The molecule has 136 valence electrons. The van der Waals surface area contributed by atoms with Gasteiger partial charge in [-0.25, -0.2) is 9.59 Å². The van der Waals surface area contributed by atoms with Crippen LogP contribution in [0.4, 0.5) is 5.69 Å². The summed E-state index contributed by atoms with van der Waals surface area (Å²) in [4.78, 5) is 25.5. The molecule has 0 radical (unpaired) electrons. The molecule has 0 aliphatic rings. The topological polar surface area (TPSA) is 64.6 Å². The van der Waals surface area contributed by atoms with E-state index in [0.29, 0.717) is 5.69 Å². The first-order valence-corrected chi connectivity index (χ1v) is 8.75. The number of para-hydroxylation sites is 1. The third kappa shape index (κ3) is 5.13. The molecule has 2 aromatic carbocycles. The zero-order chi connectivity index (χ0) is 19.1. The van der Waals surface area contributed by atoms with Crippen LogP contribution in [-0.4, -0.2) is 26.2 Å². The van der Waals surface area contributed by atoms with Crippen molar-refractivity contribution in [1.82, 2.24) is 0 Å². The first-order chi connectivity index (χ1) is 12.4. The van der Waals surface area contributed by atoms with Crippen molar-refractivity contribution in [3.8, 4) is 0 Å². The van der Waals surface area contributed by atoms with Gasteiger partial charge < -0.3 is 14.8 Å². The van der Waals surface area contributed by atoms with Crippen LogP contribution < -0.4 is 5.32 Å². The highest BCUT2D eigenvalue weighted by atomic mass is 32.2. The lowest BCUT2D eigenvalue weighted by Gasteiger charge is -2.14. The van der Waals surface area contributed by atoms with E-state index in [1.54, 1.807) is 11.8 Å². The van der Waals surface area contributed by atoms with Gasteiger partial charge in [-0.3, -0.25) is 0 Å². The summed E-state index contributed by atoms with van der Waals surface area (Å²) < 4.78 is 9.33. The minimum atomic E-state index is -0.651. The van der Waals surface area contributed by atoms with Crippen molar-refractivity contribution < 1.29 is 19.1 Å². The number of hydrogen-bond donors (Lipinski definition) is 1. The molecule has 0 aliphatic carbocycles. The monoisotopic (exact) mass is 371 g/mol. The molecule has 0 amide bonds. The van der Waals surface area contributed by atoms with Crippen molar-refractivity contribution in [1.29, 1.82) is 0 Å². The third-order valence-electron chi connectivity index (χ3n) is 3.58. The molecule has 0 heterocycles. The lowest BCUT2D eigenvalue weighted by atomic mass is 10.2. The maximum atomic E-state index is 12.0. The van der Waals surface area contributed by atoms with Crippen LogP contribution in [0.5, 0.6) is 0 Å². The van der Waals surface area contributed by atoms with Crippen molar-refractivity contribution in [3.63, 3.8) is 0 Å². The number of hydrogen-bond acceptors (Lipinski definition) is 6. The van der Waals surface area contributed by atoms with E-state index < -0.39 is 11.9 Å². The predicted octanol–water partition coefficient (Wildman–Crippen LogP) is 4.10. The molecule has 5 nitrogen and oxygen atoms in total. The van der Waals surface area contributed by atoms with E-state index in [2.05, 4.69) is 42.1 Å². The van der Waals surface area contributed by atoms with Gasteiger partial charge >= 0.3 is 11.9 Å². The van der Waals surface area contributed by atoms with E-state index in [-0.39, 0.29) is 5.70 Å². The maximum Gasteiger partial charge on any atom is 0.354 e. The first kappa shape index (κ1) is 19.6. The number of nitrogens with one attached hydrogen (secondary N) is 1. The van der Waals surface area contributed by atoms with Crippen molar-refractivity contribution in [2.75, 3.05) is 19.5 Å². The van der Waals surface area contributed by atoms with Gasteiger partial charge in [-0.05, 0) is 37.6 Å². The Labute approximate surface area is 157 Å². The largest absolute Gasteiger partial charge is 0.466 e. The van der Waals surface area contributed by atoms with Gasteiger partial charge in [0.05, 0.1) is 26.0 Å². The van der Waals surface area contributed by atoms with Gasteiger partial charge in [0.2, 0.25) is 0 Å². The minimum absolute atomic E-state index is 0.00743. The summed E-state index contributed by atoms with van der Waals surface area (Å²) in [7, 11) is 2.50. The number of anilines is 1. The van der Waals surface area contributed by atoms with Gasteiger partial charge in [0, 0.05) is 9.79 Å². The van der Waals surface area contributed by atoms with Crippen LogP contribution in [0.25, 0.3) is 0 Å². The van der Waals surface area contributed by atoms with Crippen LogP contribution in [-0.2, 0) is 19.1 Å². The fourth-order valence-electron chi connectivity index (χ4n) is 2.27. The summed E-state index contributed by atoms with van der Waals surface area (Å²) in [6.45, 7) is 4.11. The molecule has 26 heavy (non-hydrogen) atoms. The summed E-state index contributed by atoms with van der Waals surface area (Å²) in [6.07, 6.45) is 1.07. The van der Waals surface area contributed by atoms with E-state index >= 15 is 0 Å². The molecule has 0 aliphatic heterocycles. The summed E-state index contributed by atoms with van der Waals surface area (Å²) in [5, 5.41) is 2.98. The number of carbonyl (C=O) groups is 2. The third-order valence-corrected chi connectivity index (χ3v) is 4.83. The molecule has 0 bridgehead atoms. The van der Waals surface area contributed by atoms with Crippen molar-refractivity contribution >= 4 is 29.4 Å². The number of ether oxygens (including phenoxy) is 2. The molecule has 0 atom stereocenters. The first-order valence-electron chi connectivity index (χ1n) is 7.93. The number of aryl methyl sites for hydroxylation is 2. The lowest BCUT2D eigenvalue weighted by Crippen LogP contribution is -2.15. The molecule has 0 aromatic heterocycles. The highest BCUT2D eigenvalue weighted by molar-refractivity contribution is 7.99. The summed E-state index contributed by atoms with van der Waals surface area (Å²) in [6, 6.07) is 13.8. The zero-order valence-electron chi connectivity index (χ0n) is 15.2. The van der Waals surface area contributed by atoms with Crippen molar-refractivity contribution in [2.45, 2.75) is 23.6 Å². The van der Waals surface area contributed by atoms with Gasteiger partial charge in [-0.2, -0.15) is 0 Å². The Morgan fingerprint density at radius 2 is 1.73 bits per heavy atom. The van der Waals surface area contributed by atoms with E-state index in [0.717, 1.165) is 15.9 Å². The van der Waals surface area contributed by atoms with Gasteiger partial charge in [-0.15, -0.1) is 0 Å². The molecule has 0 unspecified atom stereocenters. The molecule has 1 N–H and O–H groups in total. The van der Waals surface area contributed by atoms with Gasteiger partial charge in [0.15, 0.2) is 0 Å². The predicted molar refractivity (Wildman–Crippen MR) is 102 cm³/mol. The standard InChI is InChI=1S/C20H21NO4S/c1-13-9-10-17(14(2)11-13)26-18-8-6-5-7-15(18)21-16(20(23)25-4)12-19(22)24-3/h5-12,21H,1-4H3/b16-12+. The van der Waals surface area contributed by atoms with Crippen molar-refractivity contribution in [3.05, 3.63) is 65.4 Å². The van der Waals surface area contributed by atoms with Gasteiger partial charge in [-0.1, -0.05) is 41.6 Å². The van der Waals surface area contributed by atoms with E-state index in [4.69, 9.17) is 4.74 Å². The highest BCUT2D eigenvalue weighted by Gasteiger charge is 2.15. The van der Waals surface area contributed by atoms with E-state index in [9.17, 15) is 9.59 Å². The number of benzene rings is 2. The second-order valence-corrected chi connectivity index (χ2v) is 6.65. The van der Waals surface area contributed by atoms with Gasteiger partial charge in [0.1, 0.15) is 5.70 Å². The normalized spacial score (nSPS) is 11.0. The van der Waals surface area contributed by atoms with E-state index in [1.807, 2.05) is 24.3 Å². The Morgan fingerprint density at radius 1 is 1.00 bits per heavy atom. The minimum Gasteiger partial charge on any atom is -0.466 e. The van der Waals surface area contributed by atoms with Crippen LogP contribution in [0, 0.1) is 13.8 Å². The Bertz CT molecular complexity index is 845. The number of carbonyl (C=O) groups excluding carboxylic acids is 2. The average Bonchev–Trinajstić information content (AvgIpc) is 2.64. The molecular weight excluding hydrogens is 350 g/mol. The van der Waals surface area contributed by atoms with Crippen LogP contribution in [0.15, 0.2) is 64.0 Å². The van der Waals surface area contributed by atoms with Crippen LogP contribution in [0.3, 0.4) is 0 Å². The quantitative estimate of drug-likeness (QED) is 0.609. The van der Waals surface area contributed by atoms with Crippen molar-refractivity contribution in [2.24, 2.45) is 0 Å². The second kappa shape index (κ2) is 9.10. The Kier molecular flexibility index (Phi) is 6.86. The van der Waals surface area contributed by atoms with Gasteiger partial charge in [0.25, 0.3) is 0 Å². The number of methoxy groups -OCH3 is 2. The molecule has 0 saturated carbocycles. The van der Waals surface area contributed by atoms with Crippen LogP contribution >= 0.6 is 11.8 Å².